The van der Waals surface area contributed by atoms with Crippen LogP contribution in [0.15, 0.2) is 24.8 Å². The van der Waals surface area contributed by atoms with Crippen LogP contribution in [0.25, 0.3) is 39.8 Å². The van der Waals surface area contributed by atoms with Gasteiger partial charge < -0.3 is 39.3 Å². The van der Waals surface area contributed by atoms with Gasteiger partial charge in [0, 0.05) is 83.7 Å². The van der Waals surface area contributed by atoms with Crippen LogP contribution in [0.3, 0.4) is 0 Å². The maximum atomic E-state index is 13.4. The van der Waals surface area contributed by atoms with Crippen LogP contribution in [0.1, 0.15) is 109 Å². The van der Waals surface area contributed by atoms with Crippen molar-refractivity contribution in [1.82, 2.24) is 24.8 Å². The molecule has 6 rings (SSSR count). The number of hydrogen-bond donors (Lipinski definition) is 4. The number of allylic oxidation sites excluding steroid dienone is 1. The number of hydrogen-bond acceptors (Lipinski definition) is 8. The molecule has 1 saturated heterocycles. The van der Waals surface area contributed by atoms with Gasteiger partial charge in [-0.05, 0) is 92.6 Å². The van der Waals surface area contributed by atoms with Crippen molar-refractivity contribution >= 4 is 45.7 Å². The number of aliphatic hydroxyl groups excluding tert-OH is 2. The lowest BCUT2D eigenvalue weighted by molar-refractivity contribution is -0.225. The highest BCUT2D eigenvalue weighted by atomic mass is 16.7. The third kappa shape index (κ3) is 8.40. The zero-order valence-corrected chi connectivity index (χ0v) is 32.9. The van der Waals surface area contributed by atoms with Crippen molar-refractivity contribution in [3.05, 3.63) is 75.4 Å². The predicted octanol–water partition coefficient (Wildman–Crippen LogP) is 7.02. The molecule has 1 fully saturated rings. The maximum Gasteiger partial charge on any atom is 0.222 e. The maximum absolute atomic E-state index is 13.4. The molecule has 1 amide bonds. The van der Waals surface area contributed by atoms with E-state index in [-0.39, 0.29) is 24.3 Å². The predicted molar refractivity (Wildman–Crippen MR) is 214 cm³/mol. The summed E-state index contributed by atoms with van der Waals surface area (Å²) in [6.45, 7) is 18.3. The monoisotopic (exact) mass is 739 g/mol. The minimum absolute atomic E-state index is 0.0353. The Hall–Kier alpha value is -4.13. The molecule has 11 nitrogen and oxygen atoms in total. The Labute approximate surface area is 318 Å². The number of rotatable bonds is 13. The number of nitrogens with zero attached hydrogens (tertiary/aromatic N) is 3. The second-order valence-electron chi connectivity index (χ2n) is 15.0. The zero-order chi connectivity index (χ0) is 38.7. The lowest BCUT2D eigenvalue weighted by Crippen LogP contribution is -2.39. The van der Waals surface area contributed by atoms with Gasteiger partial charge in [0.05, 0.1) is 50.0 Å². The summed E-state index contributed by atoms with van der Waals surface area (Å²) in [7, 11) is 1.81. The average molecular weight is 740 g/mol. The first-order chi connectivity index (χ1) is 25.9. The quantitative estimate of drug-likeness (QED) is 0.137. The molecular weight excluding hydrogens is 683 g/mol. The van der Waals surface area contributed by atoms with E-state index < -0.39 is 18.5 Å². The van der Waals surface area contributed by atoms with E-state index in [0.717, 1.165) is 73.5 Å². The average Bonchev–Trinajstić information content (AvgIpc) is 3.85. The fourth-order valence-corrected chi connectivity index (χ4v) is 7.99. The number of ether oxygens (including phenoxy) is 3. The van der Waals surface area contributed by atoms with Crippen molar-refractivity contribution in [1.29, 1.82) is 0 Å². The van der Waals surface area contributed by atoms with Gasteiger partial charge in [-0.2, -0.15) is 0 Å². The molecule has 290 valence electrons. The molecule has 3 aromatic rings. The molecule has 0 spiro atoms. The SMILES string of the molecule is C=Cc1c(C)c2cc3nc(c(C)c4nc(cc5[nH]c(cc1[nH]2)c(C)c5CC)C(C)=C4)[C@@H](CCC(=O)N(C)CCOCCO[C@H]1C[C@@H](O)C[C@@H](CO)O1)[C@@H]3C. The van der Waals surface area contributed by atoms with Gasteiger partial charge in [0.15, 0.2) is 6.29 Å². The van der Waals surface area contributed by atoms with E-state index in [0.29, 0.717) is 52.0 Å². The van der Waals surface area contributed by atoms with Crippen molar-refractivity contribution in [3.8, 4) is 0 Å². The highest BCUT2D eigenvalue weighted by Crippen LogP contribution is 2.42. The second kappa shape index (κ2) is 17.1. The van der Waals surface area contributed by atoms with Crippen LogP contribution in [0.2, 0.25) is 0 Å². The van der Waals surface area contributed by atoms with Gasteiger partial charge in [-0.15, -0.1) is 0 Å². The lowest BCUT2D eigenvalue weighted by atomic mass is 9.85. The highest BCUT2D eigenvalue weighted by Gasteiger charge is 2.32. The molecule has 8 bridgehead atoms. The summed E-state index contributed by atoms with van der Waals surface area (Å²) in [5.74, 6) is 0.170. The largest absolute Gasteiger partial charge is 0.394 e. The van der Waals surface area contributed by atoms with Gasteiger partial charge in [0.2, 0.25) is 5.91 Å². The normalized spacial score (nSPS) is 21.3. The van der Waals surface area contributed by atoms with Crippen LogP contribution in [0.4, 0.5) is 0 Å². The van der Waals surface area contributed by atoms with E-state index in [1.807, 2.05) is 13.1 Å². The molecule has 6 heterocycles. The molecule has 4 N–H and O–H groups in total. The van der Waals surface area contributed by atoms with Gasteiger partial charge >= 0.3 is 0 Å². The van der Waals surface area contributed by atoms with Crippen LogP contribution in [-0.2, 0) is 25.4 Å². The molecule has 5 atom stereocenters. The number of aliphatic hydroxyl groups is 2. The first-order valence-electron chi connectivity index (χ1n) is 19.3. The molecule has 54 heavy (non-hydrogen) atoms. The first kappa shape index (κ1) is 39.6. The molecule has 11 heteroatoms. The summed E-state index contributed by atoms with van der Waals surface area (Å²) in [5, 5.41) is 19.3. The highest BCUT2D eigenvalue weighted by molar-refractivity contribution is 5.86. The number of H-pyrrole nitrogens is 2. The zero-order valence-electron chi connectivity index (χ0n) is 32.9. The molecule has 0 radical (unpaired) electrons. The second-order valence-corrected chi connectivity index (χ2v) is 15.0. The van der Waals surface area contributed by atoms with Crippen LogP contribution in [0.5, 0.6) is 0 Å². The Bertz CT molecular complexity index is 2060. The molecule has 3 aromatic heterocycles. The van der Waals surface area contributed by atoms with Gasteiger partial charge in [-0.1, -0.05) is 26.5 Å². The number of likely N-dealkylation sites (N-methyl/N-ethyl adjacent to an activating group) is 1. The van der Waals surface area contributed by atoms with E-state index >= 15 is 0 Å². The molecule has 3 aliphatic rings. The lowest BCUT2D eigenvalue weighted by Gasteiger charge is -2.31. The summed E-state index contributed by atoms with van der Waals surface area (Å²) in [4.78, 5) is 32.9. The van der Waals surface area contributed by atoms with Gasteiger partial charge in [-0.25, -0.2) is 4.98 Å². The van der Waals surface area contributed by atoms with E-state index in [4.69, 9.17) is 24.2 Å². The van der Waals surface area contributed by atoms with E-state index in [2.05, 4.69) is 82.4 Å². The van der Waals surface area contributed by atoms with Gasteiger partial charge in [0.25, 0.3) is 0 Å². The van der Waals surface area contributed by atoms with E-state index in [1.165, 1.54) is 11.1 Å². The molecule has 3 aliphatic heterocycles. The molecule has 0 aromatic carbocycles. The number of aromatic amines is 2. The van der Waals surface area contributed by atoms with Crippen molar-refractivity contribution in [2.75, 3.05) is 40.0 Å². The number of aryl methyl sites for hydroxylation is 3. The Morgan fingerprint density at radius 3 is 2.52 bits per heavy atom. The first-order valence-corrected chi connectivity index (χ1v) is 19.3. The van der Waals surface area contributed by atoms with Crippen LogP contribution in [-0.4, -0.2) is 99.5 Å². The number of amides is 1. The minimum atomic E-state index is -0.565. The summed E-state index contributed by atoms with van der Waals surface area (Å²) in [6, 6.07) is 6.51. The smallest absolute Gasteiger partial charge is 0.222 e. The molecule has 0 unspecified atom stereocenters. The number of nitrogens with one attached hydrogen (secondary N) is 2. The molecule has 0 saturated carbocycles. The number of aromatic nitrogens is 4. The molecule has 0 aliphatic carbocycles. The van der Waals surface area contributed by atoms with Crippen LogP contribution in [0, 0.1) is 20.8 Å². The number of carbonyl (C=O) groups excluding carboxylic acids is 1. The third-order valence-electron chi connectivity index (χ3n) is 11.4. The van der Waals surface area contributed by atoms with Gasteiger partial charge in [-0.3, -0.25) is 9.78 Å². The van der Waals surface area contributed by atoms with Crippen LogP contribution >= 0.6 is 0 Å². The Morgan fingerprint density at radius 1 is 1.02 bits per heavy atom. The molecular formula is C43H57N5O6. The minimum Gasteiger partial charge on any atom is -0.394 e. The van der Waals surface area contributed by atoms with Crippen molar-refractivity contribution in [2.45, 2.75) is 104 Å². The van der Waals surface area contributed by atoms with E-state index in [1.54, 1.807) is 4.90 Å². The van der Waals surface area contributed by atoms with Crippen LogP contribution < -0.4 is 0 Å². The van der Waals surface area contributed by atoms with Gasteiger partial charge in [0.1, 0.15) is 0 Å². The number of fused-ring (bicyclic) bond motifs is 8. The Kier molecular flexibility index (Phi) is 12.5. The standard InChI is InChI=1S/C43H57N5O6/c1-9-31-26(5)37-22-40-32(10-2)25(4)36(45-40)21-38-27(6)33(43(47-38)28(7)35-17-24(3)34(44-35)20-39(31)46-37)11-12-41(51)48(8)13-14-52-15-16-53-42-19-29(50)18-30(23-49)54-42/h10,17,20-22,27,29-30,33,42,45-46,49-50H,2,9,11-16,18-19,23H2,1,3-8H3/t27-,29-,30-,33-,42+/m0/s1. The fourth-order valence-electron chi connectivity index (χ4n) is 7.99. The van der Waals surface area contributed by atoms with E-state index in [9.17, 15) is 15.0 Å². The van der Waals surface area contributed by atoms with Crippen molar-refractivity contribution in [2.24, 2.45) is 0 Å². The fraction of sp³-hybridized carbons (Fsp3) is 0.512. The summed E-state index contributed by atoms with van der Waals surface area (Å²) >= 11 is 0. The summed E-state index contributed by atoms with van der Waals surface area (Å²) in [6.07, 6.45) is 5.23. The Balaban J connectivity index is 1.21. The van der Waals surface area contributed by atoms with Crippen molar-refractivity contribution in [3.63, 3.8) is 0 Å². The number of carbonyl (C=O) groups is 1. The summed E-state index contributed by atoms with van der Waals surface area (Å²) in [5.41, 5.74) is 14.8. The third-order valence-corrected chi connectivity index (χ3v) is 11.4. The topological polar surface area (TPSA) is 146 Å². The summed E-state index contributed by atoms with van der Waals surface area (Å²) < 4.78 is 17.1. The Morgan fingerprint density at radius 2 is 1.78 bits per heavy atom. The van der Waals surface area contributed by atoms with Crippen molar-refractivity contribution < 1.29 is 29.2 Å².